The van der Waals surface area contributed by atoms with E-state index in [1.807, 2.05) is 20.8 Å². The lowest BCUT2D eigenvalue weighted by atomic mass is 9.95. The van der Waals surface area contributed by atoms with Crippen LogP contribution in [0.15, 0.2) is 0 Å². The Labute approximate surface area is 115 Å². The quantitative estimate of drug-likeness (QED) is 0.855. The second kappa shape index (κ2) is 6.09. The Balaban J connectivity index is 1.76. The normalized spacial score (nSPS) is 28.6. The number of ether oxygens (including phenoxy) is 3. The predicted molar refractivity (Wildman–Crippen MR) is 70.8 cm³/mol. The maximum absolute atomic E-state index is 11.6. The van der Waals surface area contributed by atoms with Crippen LogP contribution in [0.2, 0.25) is 0 Å². The first-order valence-corrected chi connectivity index (χ1v) is 7.16. The smallest absolute Gasteiger partial charge is 0.407 e. The van der Waals surface area contributed by atoms with Gasteiger partial charge in [-0.05, 0) is 39.5 Å². The summed E-state index contributed by atoms with van der Waals surface area (Å²) in [5, 5.41) is 2.86. The largest absolute Gasteiger partial charge is 0.444 e. The number of hydrogen-bond acceptors (Lipinski definition) is 4. The van der Waals surface area contributed by atoms with Crippen molar-refractivity contribution in [1.29, 1.82) is 0 Å². The molecule has 19 heavy (non-hydrogen) atoms. The van der Waals surface area contributed by atoms with Crippen LogP contribution < -0.4 is 5.32 Å². The van der Waals surface area contributed by atoms with Gasteiger partial charge in [0, 0.05) is 12.5 Å². The summed E-state index contributed by atoms with van der Waals surface area (Å²) < 4.78 is 16.4. The molecule has 1 N–H and O–H groups in total. The molecule has 2 aliphatic rings. The van der Waals surface area contributed by atoms with Gasteiger partial charge in [0.25, 0.3) is 0 Å². The van der Waals surface area contributed by atoms with Crippen LogP contribution in [0.5, 0.6) is 0 Å². The van der Waals surface area contributed by atoms with Crippen molar-refractivity contribution >= 4 is 6.09 Å². The van der Waals surface area contributed by atoms with Gasteiger partial charge in [-0.15, -0.1) is 0 Å². The summed E-state index contributed by atoms with van der Waals surface area (Å²) in [6.45, 7) is 7.62. The molecule has 2 fully saturated rings. The van der Waals surface area contributed by atoms with E-state index in [1.165, 1.54) is 6.42 Å². The molecule has 0 aromatic carbocycles. The second-order valence-electron chi connectivity index (χ2n) is 6.35. The maximum Gasteiger partial charge on any atom is 0.407 e. The van der Waals surface area contributed by atoms with Crippen molar-refractivity contribution in [2.75, 3.05) is 19.8 Å². The van der Waals surface area contributed by atoms with Gasteiger partial charge in [-0.25, -0.2) is 4.79 Å². The maximum atomic E-state index is 11.6. The third-order valence-corrected chi connectivity index (χ3v) is 3.62. The fraction of sp³-hybridized carbons (Fsp3) is 0.929. The van der Waals surface area contributed by atoms with Crippen molar-refractivity contribution < 1.29 is 19.0 Å². The van der Waals surface area contributed by atoms with Crippen molar-refractivity contribution in [3.8, 4) is 0 Å². The van der Waals surface area contributed by atoms with Gasteiger partial charge in [0.05, 0.1) is 13.2 Å². The Morgan fingerprint density at radius 3 is 2.58 bits per heavy atom. The fourth-order valence-corrected chi connectivity index (χ4v) is 2.83. The highest BCUT2D eigenvalue weighted by Gasteiger charge is 2.37. The lowest BCUT2D eigenvalue weighted by Crippen LogP contribution is -2.38. The molecule has 1 aliphatic heterocycles. The monoisotopic (exact) mass is 271 g/mol. The highest BCUT2D eigenvalue weighted by atomic mass is 16.7. The van der Waals surface area contributed by atoms with E-state index in [1.54, 1.807) is 0 Å². The number of carbonyl (C=O) groups excluding carboxylic acids is 1. The van der Waals surface area contributed by atoms with Gasteiger partial charge >= 0.3 is 6.09 Å². The zero-order valence-electron chi connectivity index (χ0n) is 12.1. The van der Waals surface area contributed by atoms with Crippen molar-refractivity contribution in [2.45, 2.75) is 51.9 Å². The van der Waals surface area contributed by atoms with E-state index in [0.29, 0.717) is 31.6 Å². The third-order valence-electron chi connectivity index (χ3n) is 3.62. The van der Waals surface area contributed by atoms with Crippen LogP contribution in [-0.4, -0.2) is 37.7 Å². The van der Waals surface area contributed by atoms with Crippen molar-refractivity contribution in [2.24, 2.45) is 11.8 Å². The average molecular weight is 271 g/mol. The SMILES string of the molecule is CC(C)(C)OC(=O)NCC1CCCC1C1OCCO1. The standard InChI is InChI=1S/C14H25NO4/c1-14(2,3)19-13(16)15-9-10-5-4-6-11(10)12-17-7-8-18-12/h10-12H,4-9H2,1-3H3,(H,15,16). The minimum absolute atomic E-state index is 0.0760. The van der Waals surface area contributed by atoms with Gasteiger partial charge < -0.3 is 19.5 Å². The number of rotatable bonds is 3. The molecule has 1 heterocycles. The summed E-state index contributed by atoms with van der Waals surface area (Å²) >= 11 is 0. The zero-order valence-corrected chi connectivity index (χ0v) is 12.1. The molecular weight excluding hydrogens is 246 g/mol. The Hall–Kier alpha value is -0.810. The summed E-state index contributed by atoms with van der Waals surface area (Å²) in [6.07, 6.45) is 2.99. The van der Waals surface area contributed by atoms with Gasteiger partial charge in [0.2, 0.25) is 0 Å². The summed E-state index contributed by atoms with van der Waals surface area (Å²) in [7, 11) is 0. The first-order valence-electron chi connectivity index (χ1n) is 7.16. The topological polar surface area (TPSA) is 56.8 Å². The molecule has 1 saturated heterocycles. The van der Waals surface area contributed by atoms with E-state index in [9.17, 15) is 4.79 Å². The summed E-state index contributed by atoms with van der Waals surface area (Å²) in [5.74, 6) is 0.827. The molecule has 1 amide bonds. The first-order chi connectivity index (χ1) is 8.96. The molecule has 2 atom stereocenters. The van der Waals surface area contributed by atoms with E-state index in [0.717, 1.165) is 12.8 Å². The molecule has 5 nitrogen and oxygen atoms in total. The van der Waals surface area contributed by atoms with Crippen LogP contribution in [0.4, 0.5) is 4.79 Å². The lowest BCUT2D eigenvalue weighted by Gasteiger charge is -2.25. The predicted octanol–water partition coefficient (Wildman–Crippen LogP) is 2.30. The first kappa shape index (κ1) is 14.6. The molecule has 0 spiro atoms. The molecule has 1 aliphatic carbocycles. The van der Waals surface area contributed by atoms with Gasteiger partial charge in [-0.1, -0.05) is 6.42 Å². The van der Waals surface area contributed by atoms with Gasteiger partial charge in [-0.2, -0.15) is 0 Å². The van der Waals surface area contributed by atoms with Crippen LogP contribution in [0.25, 0.3) is 0 Å². The lowest BCUT2D eigenvalue weighted by molar-refractivity contribution is -0.0929. The Morgan fingerprint density at radius 1 is 1.26 bits per heavy atom. The molecule has 5 heteroatoms. The van der Waals surface area contributed by atoms with Crippen LogP contribution in [0.3, 0.4) is 0 Å². The van der Waals surface area contributed by atoms with Crippen LogP contribution in [0, 0.1) is 11.8 Å². The number of hydrogen-bond donors (Lipinski definition) is 1. The third kappa shape index (κ3) is 4.35. The van der Waals surface area contributed by atoms with E-state index in [4.69, 9.17) is 14.2 Å². The van der Waals surface area contributed by atoms with Gasteiger partial charge in [-0.3, -0.25) is 0 Å². The van der Waals surface area contributed by atoms with Crippen molar-refractivity contribution in [3.05, 3.63) is 0 Å². The number of nitrogens with one attached hydrogen (secondary N) is 1. The molecule has 2 unspecified atom stereocenters. The molecule has 0 radical (unpaired) electrons. The Kier molecular flexibility index (Phi) is 4.68. The second-order valence-corrected chi connectivity index (χ2v) is 6.35. The highest BCUT2D eigenvalue weighted by molar-refractivity contribution is 5.67. The van der Waals surface area contributed by atoms with Crippen LogP contribution >= 0.6 is 0 Å². The molecule has 0 bridgehead atoms. The van der Waals surface area contributed by atoms with Gasteiger partial charge in [0.1, 0.15) is 5.60 Å². The molecular formula is C14H25NO4. The summed E-state index contributed by atoms with van der Waals surface area (Å²) in [4.78, 5) is 11.6. The molecule has 110 valence electrons. The number of alkyl carbamates (subject to hydrolysis) is 1. The Bertz CT molecular complexity index is 307. The highest BCUT2D eigenvalue weighted by Crippen LogP contribution is 2.36. The van der Waals surface area contributed by atoms with E-state index in [2.05, 4.69) is 5.32 Å². The van der Waals surface area contributed by atoms with Crippen LogP contribution in [-0.2, 0) is 14.2 Å². The minimum atomic E-state index is -0.448. The fourth-order valence-electron chi connectivity index (χ4n) is 2.83. The van der Waals surface area contributed by atoms with E-state index in [-0.39, 0.29) is 12.4 Å². The molecule has 2 rings (SSSR count). The zero-order chi connectivity index (χ0) is 13.9. The summed E-state index contributed by atoms with van der Waals surface area (Å²) in [6, 6.07) is 0. The average Bonchev–Trinajstić information content (AvgIpc) is 2.94. The minimum Gasteiger partial charge on any atom is -0.444 e. The van der Waals surface area contributed by atoms with Crippen LogP contribution in [0.1, 0.15) is 40.0 Å². The molecule has 1 saturated carbocycles. The van der Waals surface area contributed by atoms with Gasteiger partial charge in [0.15, 0.2) is 6.29 Å². The van der Waals surface area contributed by atoms with Crippen molar-refractivity contribution in [3.63, 3.8) is 0 Å². The summed E-state index contributed by atoms with van der Waals surface area (Å²) in [5.41, 5.74) is -0.448. The van der Waals surface area contributed by atoms with E-state index < -0.39 is 5.60 Å². The molecule has 0 aromatic heterocycles. The number of amides is 1. The number of carbonyl (C=O) groups is 1. The van der Waals surface area contributed by atoms with E-state index >= 15 is 0 Å². The molecule has 0 aromatic rings. The Morgan fingerprint density at radius 2 is 1.95 bits per heavy atom. The van der Waals surface area contributed by atoms with Crippen molar-refractivity contribution in [1.82, 2.24) is 5.32 Å².